The molecule has 2 aromatic heterocycles. The number of nitrogens with two attached hydrogens (primary N) is 1. The third-order valence-corrected chi connectivity index (χ3v) is 3.24. The minimum Gasteiger partial charge on any atom is -0.384 e. The molecule has 0 saturated carbocycles. The minimum absolute atomic E-state index is 0.478. The van der Waals surface area contributed by atoms with Gasteiger partial charge in [0, 0.05) is 31.3 Å². The summed E-state index contributed by atoms with van der Waals surface area (Å²) in [5, 5.41) is 4.16. The van der Waals surface area contributed by atoms with E-state index in [2.05, 4.69) is 40.2 Å². The summed E-state index contributed by atoms with van der Waals surface area (Å²) in [5.74, 6) is 1.20. The highest BCUT2D eigenvalue weighted by molar-refractivity contribution is 5.60. The van der Waals surface area contributed by atoms with Crippen molar-refractivity contribution in [3.05, 3.63) is 59.7 Å². The molecule has 5 nitrogen and oxygen atoms in total. The van der Waals surface area contributed by atoms with Crippen molar-refractivity contribution in [1.29, 1.82) is 0 Å². The summed E-state index contributed by atoms with van der Waals surface area (Å²) in [4.78, 5) is 8.93. The van der Waals surface area contributed by atoms with Crippen LogP contribution in [-0.2, 0) is 13.5 Å². The largest absolute Gasteiger partial charge is 0.384 e. The van der Waals surface area contributed by atoms with Crippen LogP contribution in [0.25, 0.3) is 11.3 Å². The molecular weight excluding hydrogens is 262 g/mol. The summed E-state index contributed by atoms with van der Waals surface area (Å²) in [6.07, 6.45) is 4.36. The molecule has 0 unspecified atom stereocenters. The summed E-state index contributed by atoms with van der Waals surface area (Å²) < 4.78 is 1.74. The number of aromatic nitrogens is 4. The van der Waals surface area contributed by atoms with Gasteiger partial charge >= 0.3 is 0 Å². The van der Waals surface area contributed by atoms with Crippen LogP contribution in [0.5, 0.6) is 0 Å². The topological polar surface area (TPSA) is 69.6 Å². The number of hydrogen-bond acceptors (Lipinski definition) is 4. The molecular formula is C16H17N5. The Hall–Kier alpha value is -2.69. The quantitative estimate of drug-likeness (QED) is 0.799. The Morgan fingerprint density at radius 3 is 2.76 bits per heavy atom. The van der Waals surface area contributed by atoms with Crippen molar-refractivity contribution in [3.8, 4) is 11.3 Å². The molecule has 3 rings (SSSR count). The number of nitrogen functional groups attached to an aromatic ring is 1. The average Bonchev–Trinajstić information content (AvgIpc) is 2.85. The van der Waals surface area contributed by atoms with Crippen LogP contribution in [0.1, 0.15) is 17.0 Å². The van der Waals surface area contributed by atoms with Gasteiger partial charge < -0.3 is 5.73 Å². The van der Waals surface area contributed by atoms with Crippen LogP contribution < -0.4 is 5.73 Å². The van der Waals surface area contributed by atoms with Gasteiger partial charge in [-0.25, -0.2) is 9.97 Å². The summed E-state index contributed by atoms with van der Waals surface area (Å²) in [6, 6.07) is 10.1. The third kappa shape index (κ3) is 3.08. The lowest BCUT2D eigenvalue weighted by Gasteiger charge is -2.05. The highest BCUT2D eigenvalue weighted by Gasteiger charge is 2.08. The van der Waals surface area contributed by atoms with E-state index in [0.29, 0.717) is 12.2 Å². The maximum atomic E-state index is 5.91. The van der Waals surface area contributed by atoms with Crippen LogP contribution in [0.4, 0.5) is 5.82 Å². The van der Waals surface area contributed by atoms with Crippen molar-refractivity contribution >= 4 is 5.82 Å². The molecule has 0 aliphatic rings. The number of nitrogens with zero attached hydrogens (tertiary/aromatic N) is 4. The van der Waals surface area contributed by atoms with E-state index < -0.39 is 0 Å². The van der Waals surface area contributed by atoms with Gasteiger partial charge in [0.1, 0.15) is 11.6 Å². The number of rotatable bonds is 3. The fraction of sp³-hybridized carbons (Fsp3) is 0.188. The fourth-order valence-corrected chi connectivity index (χ4v) is 2.30. The van der Waals surface area contributed by atoms with Crippen LogP contribution in [-0.4, -0.2) is 19.7 Å². The first-order chi connectivity index (χ1) is 10.1. The molecule has 5 heteroatoms. The van der Waals surface area contributed by atoms with Gasteiger partial charge in [0.25, 0.3) is 0 Å². The van der Waals surface area contributed by atoms with E-state index >= 15 is 0 Å². The molecule has 106 valence electrons. The van der Waals surface area contributed by atoms with Gasteiger partial charge in [-0.05, 0) is 12.5 Å². The zero-order valence-electron chi connectivity index (χ0n) is 12.1. The summed E-state index contributed by atoms with van der Waals surface area (Å²) in [7, 11) is 1.88. The summed E-state index contributed by atoms with van der Waals surface area (Å²) in [5.41, 5.74) is 10.1. The number of anilines is 1. The maximum Gasteiger partial charge on any atom is 0.135 e. The monoisotopic (exact) mass is 279 g/mol. The molecule has 0 bridgehead atoms. The molecule has 2 heterocycles. The van der Waals surface area contributed by atoms with Gasteiger partial charge in [0.15, 0.2) is 0 Å². The van der Waals surface area contributed by atoms with Gasteiger partial charge in [0.05, 0.1) is 11.9 Å². The Morgan fingerprint density at radius 2 is 2.05 bits per heavy atom. The molecule has 0 atom stereocenters. The Labute approximate surface area is 123 Å². The third-order valence-electron chi connectivity index (χ3n) is 3.24. The van der Waals surface area contributed by atoms with Crippen LogP contribution in [0.2, 0.25) is 0 Å². The predicted molar refractivity (Wildman–Crippen MR) is 82.6 cm³/mol. The van der Waals surface area contributed by atoms with Crippen molar-refractivity contribution in [2.45, 2.75) is 13.3 Å². The first kappa shape index (κ1) is 13.3. The summed E-state index contributed by atoms with van der Waals surface area (Å²) in [6.45, 7) is 2.07. The Bertz CT molecular complexity index is 776. The lowest BCUT2D eigenvalue weighted by molar-refractivity contribution is 0.768. The first-order valence-corrected chi connectivity index (χ1v) is 6.78. The normalized spacial score (nSPS) is 10.8. The molecule has 0 aliphatic carbocycles. The second kappa shape index (κ2) is 5.36. The van der Waals surface area contributed by atoms with Crippen LogP contribution in [0.15, 0.2) is 42.7 Å². The van der Waals surface area contributed by atoms with Crippen LogP contribution in [0.3, 0.4) is 0 Å². The second-order valence-electron chi connectivity index (χ2n) is 5.16. The van der Waals surface area contributed by atoms with E-state index in [4.69, 9.17) is 5.73 Å². The molecule has 0 saturated heterocycles. The standard InChI is InChI=1S/C16H17N5/c1-11-4-3-5-12(6-11)7-16-19-14(8-15(17)20-16)13-9-18-21(2)10-13/h3-6,8-10H,7H2,1-2H3,(H2,17,19,20). The smallest absolute Gasteiger partial charge is 0.135 e. The lowest BCUT2D eigenvalue weighted by atomic mass is 10.1. The first-order valence-electron chi connectivity index (χ1n) is 6.78. The summed E-state index contributed by atoms with van der Waals surface area (Å²) >= 11 is 0. The fourth-order valence-electron chi connectivity index (χ4n) is 2.30. The molecule has 0 amide bonds. The molecule has 2 N–H and O–H groups in total. The highest BCUT2D eigenvalue weighted by atomic mass is 15.2. The van der Waals surface area contributed by atoms with E-state index in [1.54, 1.807) is 16.9 Å². The Kier molecular flexibility index (Phi) is 3.39. The second-order valence-corrected chi connectivity index (χ2v) is 5.16. The zero-order chi connectivity index (χ0) is 14.8. The van der Waals surface area contributed by atoms with E-state index in [1.807, 2.05) is 19.3 Å². The molecule has 0 aliphatic heterocycles. The van der Waals surface area contributed by atoms with E-state index in [0.717, 1.165) is 17.1 Å². The molecule has 21 heavy (non-hydrogen) atoms. The minimum atomic E-state index is 0.478. The highest BCUT2D eigenvalue weighted by Crippen LogP contribution is 2.19. The van der Waals surface area contributed by atoms with E-state index in [9.17, 15) is 0 Å². The molecule has 1 aromatic carbocycles. The molecule has 0 fully saturated rings. The van der Waals surface area contributed by atoms with E-state index in [-0.39, 0.29) is 0 Å². The number of aryl methyl sites for hydroxylation is 2. The van der Waals surface area contributed by atoms with Crippen molar-refractivity contribution in [2.24, 2.45) is 7.05 Å². The zero-order valence-corrected chi connectivity index (χ0v) is 12.1. The average molecular weight is 279 g/mol. The van der Waals surface area contributed by atoms with Gasteiger partial charge in [-0.2, -0.15) is 5.10 Å². The lowest BCUT2D eigenvalue weighted by Crippen LogP contribution is -2.02. The van der Waals surface area contributed by atoms with Crippen molar-refractivity contribution in [1.82, 2.24) is 19.7 Å². The SMILES string of the molecule is Cc1cccc(Cc2nc(N)cc(-c3cnn(C)c3)n2)c1. The number of benzene rings is 1. The van der Waals surface area contributed by atoms with Crippen molar-refractivity contribution < 1.29 is 0 Å². The molecule has 0 radical (unpaired) electrons. The molecule has 3 aromatic rings. The Balaban J connectivity index is 1.94. The van der Waals surface area contributed by atoms with Crippen molar-refractivity contribution in [2.75, 3.05) is 5.73 Å². The molecule has 0 spiro atoms. The van der Waals surface area contributed by atoms with Gasteiger partial charge in [-0.15, -0.1) is 0 Å². The van der Waals surface area contributed by atoms with E-state index in [1.165, 1.54) is 11.1 Å². The Morgan fingerprint density at radius 1 is 1.19 bits per heavy atom. The number of hydrogen-bond donors (Lipinski definition) is 1. The van der Waals surface area contributed by atoms with Crippen LogP contribution in [0, 0.1) is 6.92 Å². The van der Waals surface area contributed by atoms with Crippen molar-refractivity contribution in [3.63, 3.8) is 0 Å². The van der Waals surface area contributed by atoms with Crippen LogP contribution >= 0.6 is 0 Å². The maximum absolute atomic E-state index is 5.91. The van der Waals surface area contributed by atoms with Gasteiger partial charge in [-0.3, -0.25) is 4.68 Å². The van der Waals surface area contributed by atoms with Gasteiger partial charge in [-0.1, -0.05) is 29.8 Å². The predicted octanol–water partition coefficient (Wildman–Crippen LogP) is 2.36. The van der Waals surface area contributed by atoms with Gasteiger partial charge in [0.2, 0.25) is 0 Å².